The van der Waals surface area contributed by atoms with Crippen LogP contribution in [-0.2, 0) is 0 Å². The second-order valence-corrected chi connectivity index (χ2v) is 4.77. The first-order valence-electron chi connectivity index (χ1n) is 4.41. The van der Waals surface area contributed by atoms with Crippen molar-refractivity contribution in [2.24, 2.45) is 0 Å². The van der Waals surface area contributed by atoms with Crippen molar-refractivity contribution in [2.75, 3.05) is 23.3 Å². The normalized spacial score (nSPS) is 11.6. The van der Waals surface area contributed by atoms with Crippen LogP contribution in [0.25, 0.3) is 0 Å². The monoisotopic (exact) mass is 360 g/mol. The molecule has 0 radical (unpaired) electrons. The third-order valence-corrected chi connectivity index (χ3v) is 2.58. The Morgan fingerprint density at radius 2 is 2.00 bits per heavy atom. The van der Waals surface area contributed by atoms with Gasteiger partial charge in [-0.3, -0.25) is 0 Å². The van der Waals surface area contributed by atoms with E-state index in [0.717, 1.165) is 4.47 Å². The lowest BCUT2D eigenvalue weighted by Gasteiger charge is -2.23. The van der Waals surface area contributed by atoms with Crippen molar-refractivity contribution in [1.82, 2.24) is 4.98 Å². The number of hydrogen-bond acceptors (Lipinski definition) is 2. The molecule has 0 atom stereocenters. The molecule has 0 aromatic carbocycles. The quantitative estimate of drug-likeness (QED) is 0.761. The number of pyridine rings is 1. The highest BCUT2D eigenvalue weighted by Gasteiger charge is 2.31. The maximum Gasteiger partial charge on any atom is 0.405 e. The molecule has 0 aliphatic carbocycles. The Balaban J connectivity index is 2.80. The number of anilines is 1. The Morgan fingerprint density at radius 1 is 1.31 bits per heavy atom. The van der Waals surface area contributed by atoms with Gasteiger partial charge in [-0.15, -0.1) is 0 Å². The maximum absolute atomic E-state index is 12.3. The summed E-state index contributed by atoms with van der Waals surface area (Å²) in [6, 6.07) is 3.22. The molecule has 0 N–H and O–H groups in total. The van der Waals surface area contributed by atoms with Gasteiger partial charge in [-0.05, 0) is 28.1 Å². The van der Waals surface area contributed by atoms with Gasteiger partial charge in [0.05, 0.1) is 0 Å². The van der Waals surface area contributed by atoms with E-state index >= 15 is 0 Å². The Morgan fingerprint density at radius 3 is 2.44 bits per heavy atom. The number of rotatable bonds is 4. The van der Waals surface area contributed by atoms with E-state index in [-0.39, 0.29) is 6.54 Å². The van der Waals surface area contributed by atoms with Crippen LogP contribution in [-0.4, -0.2) is 29.6 Å². The molecule has 0 saturated carbocycles. The molecular weight excluding hydrogens is 353 g/mol. The van der Waals surface area contributed by atoms with Crippen LogP contribution in [0.2, 0.25) is 0 Å². The van der Waals surface area contributed by atoms with E-state index in [1.165, 1.54) is 11.1 Å². The highest BCUT2D eigenvalue weighted by atomic mass is 79.9. The van der Waals surface area contributed by atoms with E-state index < -0.39 is 12.7 Å². The van der Waals surface area contributed by atoms with Crippen LogP contribution in [0.15, 0.2) is 22.8 Å². The summed E-state index contributed by atoms with van der Waals surface area (Å²) in [5.74, 6) is 0.319. The zero-order valence-electron chi connectivity index (χ0n) is 8.14. The summed E-state index contributed by atoms with van der Waals surface area (Å²) in [7, 11) is 0. The van der Waals surface area contributed by atoms with Crippen molar-refractivity contribution in [1.29, 1.82) is 0 Å². The summed E-state index contributed by atoms with van der Waals surface area (Å²) in [4.78, 5) is 5.12. The minimum atomic E-state index is -4.23. The molecule has 0 spiro atoms. The van der Waals surface area contributed by atoms with Gasteiger partial charge in [-0.2, -0.15) is 13.2 Å². The van der Waals surface area contributed by atoms with Crippen molar-refractivity contribution < 1.29 is 13.2 Å². The van der Waals surface area contributed by atoms with Crippen molar-refractivity contribution in [2.45, 2.75) is 6.18 Å². The van der Waals surface area contributed by atoms with Gasteiger partial charge < -0.3 is 4.90 Å². The zero-order chi connectivity index (χ0) is 12.2. The predicted octanol–water partition coefficient (Wildman–Crippen LogP) is 3.61. The fourth-order valence-corrected chi connectivity index (χ4v) is 1.81. The smallest absolute Gasteiger partial charge is 0.347 e. The van der Waals surface area contributed by atoms with Gasteiger partial charge >= 0.3 is 6.18 Å². The van der Waals surface area contributed by atoms with Crippen LogP contribution in [0.1, 0.15) is 0 Å². The highest BCUT2D eigenvalue weighted by Crippen LogP contribution is 2.21. The lowest BCUT2D eigenvalue weighted by Crippen LogP contribution is -2.36. The Hall–Kier alpha value is -0.300. The number of halogens is 5. The van der Waals surface area contributed by atoms with E-state index in [9.17, 15) is 13.2 Å². The molecule has 90 valence electrons. The maximum atomic E-state index is 12.3. The zero-order valence-corrected chi connectivity index (χ0v) is 11.3. The van der Waals surface area contributed by atoms with Crippen LogP contribution in [0.3, 0.4) is 0 Å². The topological polar surface area (TPSA) is 16.1 Å². The Kier molecular flexibility index (Phi) is 5.04. The molecule has 0 amide bonds. The van der Waals surface area contributed by atoms with Crippen LogP contribution in [0.5, 0.6) is 0 Å². The molecule has 0 aliphatic heterocycles. The average Bonchev–Trinajstić information content (AvgIpc) is 2.16. The molecule has 0 aliphatic rings. The van der Waals surface area contributed by atoms with E-state index in [1.54, 1.807) is 12.1 Å². The molecule has 0 unspecified atom stereocenters. The first kappa shape index (κ1) is 13.8. The highest BCUT2D eigenvalue weighted by molar-refractivity contribution is 9.10. The fourth-order valence-electron chi connectivity index (χ4n) is 1.15. The summed E-state index contributed by atoms with van der Waals surface area (Å²) in [5, 5.41) is 0.459. The minimum Gasteiger partial charge on any atom is -0.347 e. The average molecular weight is 362 g/mol. The van der Waals surface area contributed by atoms with Gasteiger partial charge in [-0.25, -0.2) is 4.98 Å². The molecule has 0 fully saturated rings. The summed E-state index contributed by atoms with van der Waals surface area (Å²) < 4.78 is 37.6. The first-order chi connectivity index (χ1) is 7.42. The number of aromatic nitrogens is 1. The van der Waals surface area contributed by atoms with E-state index in [4.69, 9.17) is 0 Å². The van der Waals surface area contributed by atoms with Gasteiger partial charge in [-0.1, -0.05) is 15.9 Å². The summed E-state index contributed by atoms with van der Waals surface area (Å²) in [5.41, 5.74) is 0. The van der Waals surface area contributed by atoms with Crippen molar-refractivity contribution >= 4 is 37.7 Å². The fraction of sp³-hybridized carbons (Fsp3) is 0.444. The number of alkyl halides is 4. The second kappa shape index (κ2) is 5.86. The van der Waals surface area contributed by atoms with E-state index in [2.05, 4.69) is 36.8 Å². The van der Waals surface area contributed by atoms with E-state index in [1.807, 2.05) is 0 Å². The van der Waals surface area contributed by atoms with Gasteiger partial charge in [0.25, 0.3) is 0 Å². The lowest BCUT2D eigenvalue weighted by molar-refractivity contribution is -0.119. The predicted molar refractivity (Wildman–Crippen MR) is 64.0 cm³/mol. The third-order valence-electron chi connectivity index (χ3n) is 1.76. The summed E-state index contributed by atoms with van der Waals surface area (Å²) >= 11 is 6.31. The van der Waals surface area contributed by atoms with Gasteiger partial charge in [0, 0.05) is 22.5 Å². The van der Waals surface area contributed by atoms with Gasteiger partial charge in [0.15, 0.2) is 0 Å². The third kappa shape index (κ3) is 4.69. The molecule has 1 rings (SSSR count). The van der Waals surface area contributed by atoms with Crippen LogP contribution >= 0.6 is 31.9 Å². The molecule has 1 aromatic heterocycles. The van der Waals surface area contributed by atoms with Crippen molar-refractivity contribution in [3.8, 4) is 0 Å². The van der Waals surface area contributed by atoms with Gasteiger partial charge in [0.1, 0.15) is 12.4 Å². The number of nitrogens with zero attached hydrogens (tertiary/aromatic N) is 2. The van der Waals surface area contributed by atoms with Crippen LogP contribution in [0, 0.1) is 0 Å². The lowest BCUT2D eigenvalue weighted by atomic mass is 10.4. The molecular formula is C9H9Br2F3N2. The Labute approximate surface area is 108 Å². The second-order valence-electron chi connectivity index (χ2n) is 3.06. The van der Waals surface area contributed by atoms with Crippen LogP contribution < -0.4 is 4.90 Å². The first-order valence-corrected chi connectivity index (χ1v) is 6.33. The molecule has 7 heteroatoms. The van der Waals surface area contributed by atoms with Crippen molar-refractivity contribution in [3.05, 3.63) is 22.8 Å². The van der Waals surface area contributed by atoms with E-state index in [0.29, 0.717) is 11.1 Å². The standard InChI is InChI=1S/C9H9Br2F3N2/c10-3-4-16(6-9(12,13)14)8-2-1-7(11)5-15-8/h1-2,5H,3-4,6H2. The molecule has 1 heterocycles. The SMILES string of the molecule is FC(F)(F)CN(CCBr)c1ccc(Br)cn1. The molecule has 16 heavy (non-hydrogen) atoms. The van der Waals surface area contributed by atoms with Crippen LogP contribution in [0.4, 0.5) is 19.0 Å². The molecule has 0 bridgehead atoms. The molecule has 1 aromatic rings. The minimum absolute atomic E-state index is 0.258. The molecule has 0 saturated heterocycles. The molecule has 2 nitrogen and oxygen atoms in total. The summed E-state index contributed by atoms with van der Waals surface area (Å²) in [6.07, 6.45) is -2.75. The van der Waals surface area contributed by atoms with Crippen molar-refractivity contribution in [3.63, 3.8) is 0 Å². The number of hydrogen-bond donors (Lipinski definition) is 0. The Bertz CT molecular complexity index is 327. The van der Waals surface area contributed by atoms with Gasteiger partial charge in [0.2, 0.25) is 0 Å². The largest absolute Gasteiger partial charge is 0.405 e. The summed E-state index contributed by atoms with van der Waals surface area (Å²) in [6.45, 7) is -0.735.